The largest absolute Gasteiger partial charge is 0.337 e. The van der Waals surface area contributed by atoms with Crippen LogP contribution in [0.2, 0.25) is 0 Å². The fourth-order valence-electron chi connectivity index (χ4n) is 1.60. The number of nitro groups is 1. The average molecular weight is 329 g/mol. The van der Waals surface area contributed by atoms with Crippen molar-refractivity contribution in [2.24, 2.45) is 0 Å². The van der Waals surface area contributed by atoms with Gasteiger partial charge in [-0.15, -0.1) is 11.3 Å². The van der Waals surface area contributed by atoms with Crippen molar-refractivity contribution in [2.75, 3.05) is 10.6 Å². The van der Waals surface area contributed by atoms with E-state index in [0.29, 0.717) is 5.13 Å². The van der Waals surface area contributed by atoms with E-state index < -0.39 is 10.8 Å². The van der Waals surface area contributed by atoms with E-state index in [0.717, 1.165) is 5.69 Å². The van der Waals surface area contributed by atoms with Gasteiger partial charge in [-0.2, -0.15) is 5.26 Å². The molecule has 1 aromatic heterocycles. The van der Waals surface area contributed by atoms with Gasteiger partial charge in [0.2, 0.25) is 0 Å². The van der Waals surface area contributed by atoms with Crippen LogP contribution in [-0.4, -0.2) is 15.8 Å². The molecule has 2 aromatic rings. The summed E-state index contributed by atoms with van der Waals surface area (Å²) in [5.41, 5.74) is 0.729. The fraction of sp³-hybridized carbons (Fsp3) is 0.0714. The Kier molecular flexibility index (Phi) is 5.01. The van der Waals surface area contributed by atoms with Crippen molar-refractivity contribution in [3.63, 3.8) is 0 Å². The van der Waals surface area contributed by atoms with Crippen LogP contribution in [-0.2, 0) is 4.79 Å². The molecule has 0 aliphatic heterocycles. The third-order valence-electron chi connectivity index (χ3n) is 2.64. The van der Waals surface area contributed by atoms with Crippen molar-refractivity contribution in [3.05, 3.63) is 57.2 Å². The molecule has 0 radical (unpaired) electrons. The van der Waals surface area contributed by atoms with Crippen LogP contribution in [0.4, 0.5) is 16.5 Å². The summed E-state index contributed by atoms with van der Waals surface area (Å²) in [5.74, 6) is -0.672. The number of carbonyl (C=O) groups excluding carboxylic acids is 1. The number of hydrogen-bond acceptors (Lipinski definition) is 7. The van der Waals surface area contributed by atoms with Crippen LogP contribution >= 0.6 is 11.3 Å². The van der Waals surface area contributed by atoms with Crippen molar-refractivity contribution in [3.8, 4) is 6.07 Å². The van der Waals surface area contributed by atoms with Gasteiger partial charge >= 0.3 is 0 Å². The van der Waals surface area contributed by atoms with E-state index in [1.807, 2.05) is 12.3 Å². The zero-order valence-electron chi connectivity index (χ0n) is 11.9. The first-order valence-corrected chi connectivity index (χ1v) is 7.22. The highest BCUT2D eigenvalue weighted by atomic mass is 32.1. The third-order valence-corrected chi connectivity index (χ3v) is 3.53. The van der Waals surface area contributed by atoms with Crippen LogP contribution in [0.25, 0.3) is 0 Å². The zero-order valence-corrected chi connectivity index (χ0v) is 12.8. The minimum absolute atomic E-state index is 0.151. The Morgan fingerprint density at radius 2 is 2.30 bits per heavy atom. The summed E-state index contributed by atoms with van der Waals surface area (Å²) in [5, 5.41) is 27.3. The number of nitriles is 1. The second kappa shape index (κ2) is 7.15. The molecule has 1 heterocycles. The molecule has 0 atom stereocenters. The number of nitrogens with zero attached hydrogens (tertiary/aromatic N) is 3. The van der Waals surface area contributed by atoms with Crippen LogP contribution in [0, 0.1) is 28.4 Å². The van der Waals surface area contributed by atoms with Crippen LogP contribution in [0.15, 0.2) is 41.4 Å². The van der Waals surface area contributed by atoms with Gasteiger partial charge in [0.15, 0.2) is 5.13 Å². The first-order valence-electron chi connectivity index (χ1n) is 6.34. The molecule has 116 valence electrons. The van der Waals surface area contributed by atoms with Crippen LogP contribution in [0.1, 0.15) is 5.69 Å². The molecule has 1 aromatic carbocycles. The SMILES string of the molecule is Cc1csc(N/C=C(/C#N)C(=O)Nc2cccc([N+](=O)[O-])c2)n1. The van der Waals surface area contributed by atoms with Crippen molar-refractivity contribution in [1.82, 2.24) is 4.98 Å². The fourth-order valence-corrected chi connectivity index (χ4v) is 2.26. The molecule has 9 heteroatoms. The molecule has 23 heavy (non-hydrogen) atoms. The van der Waals surface area contributed by atoms with Gasteiger partial charge in [-0.05, 0) is 13.0 Å². The van der Waals surface area contributed by atoms with Crippen molar-refractivity contribution in [2.45, 2.75) is 6.92 Å². The summed E-state index contributed by atoms with van der Waals surface area (Å²) in [7, 11) is 0. The molecule has 0 aliphatic rings. The molecular weight excluding hydrogens is 318 g/mol. The molecule has 0 saturated carbocycles. The first-order chi connectivity index (χ1) is 11.0. The monoisotopic (exact) mass is 329 g/mol. The number of benzene rings is 1. The number of hydrogen-bond donors (Lipinski definition) is 2. The summed E-state index contributed by atoms with van der Waals surface area (Å²) in [6.07, 6.45) is 1.24. The number of anilines is 2. The van der Waals surface area contributed by atoms with Crippen molar-refractivity contribution < 1.29 is 9.72 Å². The maximum Gasteiger partial charge on any atom is 0.271 e. The maximum atomic E-state index is 12.0. The van der Waals surface area contributed by atoms with Gasteiger partial charge < -0.3 is 10.6 Å². The van der Waals surface area contributed by atoms with Crippen LogP contribution in [0.5, 0.6) is 0 Å². The topological polar surface area (TPSA) is 121 Å². The lowest BCUT2D eigenvalue weighted by Gasteiger charge is -2.04. The lowest BCUT2D eigenvalue weighted by atomic mass is 10.2. The van der Waals surface area contributed by atoms with Gasteiger partial charge in [-0.3, -0.25) is 14.9 Å². The molecule has 0 saturated heterocycles. The van der Waals surface area contributed by atoms with Gasteiger partial charge in [0.05, 0.1) is 10.6 Å². The van der Waals surface area contributed by atoms with Crippen LogP contribution in [0.3, 0.4) is 0 Å². The highest BCUT2D eigenvalue weighted by Crippen LogP contribution is 2.18. The Morgan fingerprint density at radius 1 is 1.52 bits per heavy atom. The summed E-state index contributed by atoms with van der Waals surface area (Å²) < 4.78 is 0. The number of aromatic nitrogens is 1. The summed E-state index contributed by atoms with van der Waals surface area (Å²) in [6.45, 7) is 1.83. The number of nitro benzene ring substituents is 1. The summed E-state index contributed by atoms with van der Waals surface area (Å²) in [4.78, 5) is 26.3. The number of non-ortho nitro benzene ring substituents is 1. The van der Waals surface area contributed by atoms with E-state index in [1.165, 1.54) is 41.8 Å². The van der Waals surface area contributed by atoms with Gasteiger partial charge in [0.25, 0.3) is 11.6 Å². The second-order valence-corrected chi connectivity index (χ2v) is 5.23. The quantitative estimate of drug-likeness (QED) is 0.376. The predicted molar refractivity (Wildman–Crippen MR) is 85.9 cm³/mol. The normalized spacial score (nSPS) is 10.7. The minimum Gasteiger partial charge on any atom is -0.337 e. The summed E-state index contributed by atoms with van der Waals surface area (Å²) >= 11 is 1.34. The van der Waals surface area contributed by atoms with Gasteiger partial charge in [0.1, 0.15) is 11.6 Å². The lowest BCUT2D eigenvalue weighted by Crippen LogP contribution is -2.14. The number of thiazole rings is 1. The molecule has 0 unspecified atom stereocenters. The van der Waals surface area contributed by atoms with Gasteiger partial charge in [0, 0.05) is 29.4 Å². The van der Waals surface area contributed by atoms with Crippen LogP contribution < -0.4 is 10.6 Å². The Balaban J connectivity index is 2.09. The maximum absolute atomic E-state index is 12.0. The van der Waals surface area contributed by atoms with E-state index in [-0.39, 0.29) is 16.9 Å². The summed E-state index contributed by atoms with van der Waals surface area (Å²) in [6, 6.07) is 7.23. The van der Waals surface area contributed by atoms with E-state index >= 15 is 0 Å². The zero-order chi connectivity index (χ0) is 16.8. The minimum atomic E-state index is -0.672. The number of nitrogens with one attached hydrogen (secondary N) is 2. The van der Waals surface area contributed by atoms with Crippen molar-refractivity contribution in [1.29, 1.82) is 5.26 Å². The van der Waals surface area contributed by atoms with E-state index in [2.05, 4.69) is 15.6 Å². The molecule has 0 spiro atoms. The molecule has 0 bridgehead atoms. The number of carbonyl (C=O) groups is 1. The van der Waals surface area contributed by atoms with E-state index in [9.17, 15) is 14.9 Å². The molecular formula is C14H11N5O3S. The molecule has 8 nitrogen and oxygen atoms in total. The highest BCUT2D eigenvalue weighted by molar-refractivity contribution is 7.13. The molecule has 2 N–H and O–H groups in total. The molecule has 1 amide bonds. The van der Waals surface area contributed by atoms with Gasteiger partial charge in [-0.25, -0.2) is 4.98 Å². The average Bonchev–Trinajstić information content (AvgIpc) is 2.93. The number of aryl methyl sites for hydroxylation is 1. The number of rotatable bonds is 5. The Morgan fingerprint density at radius 3 is 2.91 bits per heavy atom. The van der Waals surface area contributed by atoms with Gasteiger partial charge in [-0.1, -0.05) is 6.07 Å². The van der Waals surface area contributed by atoms with E-state index in [1.54, 1.807) is 6.07 Å². The predicted octanol–water partition coefficient (Wildman–Crippen LogP) is 2.82. The highest BCUT2D eigenvalue weighted by Gasteiger charge is 2.12. The Hall–Kier alpha value is -3.25. The number of amides is 1. The second-order valence-electron chi connectivity index (χ2n) is 4.37. The van der Waals surface area contributed by atoms with E-state index in [4.69, 9.17) is 5.26 Å². The smallest absolute Gasteiger partial charge is 0.271 e. The Bertz CT molecular complexity index is 822. The Labute approximate surface area is 135 Å². The molecule has 2 rings (SSSR count). The molecule has 0 aliphatic carbocycles. The standard InChI is InChI=1S/C14H11N5O3S/c1-9-8-23-14(17-9)16-7-10(6-15)13(20)18-11-3-2-4-12(5-11)19(21)22/h2-5,7-8H,1H3,(H,16,17)(H,18,20)/b10-7-. The van der Waals surface area contributed by atoms with Crippen molar-refractivity contribution >= 4 is 33.8 Å². The molecule has 0 fully saturated rings. The third kappa shape index (κ3) is 4.36. The first kappa shape index (κ1) is 16.1. The lowest BCUT2D eigenvalue weighted by molar-refractivity contribution is -0.384.